The van der Waals surface area contributed by atoms with Crippen molar-refractivity contribution in [1.82, 2.24) is 24.5 Å². The monoisotopic (exact) mass is 400 g/mol. The summed E-state index contributed by atoms with van der Waals surface area (Å²) >= 11 is 6.12. The molecule has 0 unspecified atom stereocenters. The summed E-state index contributed by atoms with van der Waals surface area (Å²) in [5.41, 5.74) is 2.86. The van der Waals surface area contributed by atoms with Crippen LogP contribution in [0.5, 0.6) is 0 Å². The molecule has 1 amide bonds. The highest BCUT2D eigenvalue weighted by atomic mass is 35.5. The third kappa shape index (κ3) is 4.61. The van der Waals surface area contributed by atoms with Gasteiger partial charge in [0, 0.05) is 17.8 Å². The Morgan fingerprint density at radius 1 is 1.25 bits per heavy atom. The second-order valence-corrected chi connectivity index (χ2v) is 7.68. The highest BCUT2D eigenvalue weighted by Crippen LogP contribution is 2.25. The van der Waals surface area contributed by atoms with Gasteiger partial charge < -0.3 is 10.2 Å². The van der Waals surface area contributed by atoms with Crippen LogP contribution in [0.15, 0.2) is 42.9 Å². The molecule has 0 fully saturated rings. The Hall–Kier alpha value is -2.64. The van der Waals surface area contributed by atoms with E-state index in [2.05, 4.69) is 20.4 Å². The van der Waals surface area contributed by atoms with Crippen LogP contribution in [0, 0.1) is 0 Å². The molecule has 148 valence electrons. The lowest BCUT2D eigenvalue weighted by atomic mass is 10.0. The van der Waals surface area contributed by atoms with E-state index >= 15 is 0 Å². The van der Waals surface area contributed by atoms with Crippen molar-refractivity contribution >= 4 is 23.2 Å². The summed E-state index contributed by atoms with van der Waals surface area (Å²) in [6.07, 6.45) is 5.09. The van der Waals surface area contributed by atoms with E-state index < -0.39 is 0 Å². The number of hydrogen-bond acceptors (Lipinski definition) is 4. The van der Waals surface area contributed by atoms with Crippen molar-refractivity contribution in [2.24, 2.45) is 0 Å². The zero-order valence-electron chi connectivity index (χ0n) is 16.6. The predicted molar refractivity (Wildman–Crippen MR) is 111 cm³/mol. The molecule has 0 aliphatic carbocycles. The Kier molecular flexibility index (Phi) is 6.16. The minimum absolute atomic E-state index is 0.102. The van der Waals surface area contributed by atoms with Crippen molar-refractivity contribution in [2.75, 3.05) is 26.0 Å². The molecule has 0 saturated carbocycles. The molecule has 0 spiro atoms. The average Bonchev–Trinajstić information content (AvgIpc) is 3.26. The maximum atomic E-state index is 12.9. The first-order chi connectivity index (χ1) is 13.3. The molecule has 1 aromatic carbocycles. The van der Waals surface area contributed by atoms with Crippen LogP contribution in [0.1, 0.15) is 35.8 Å². The number of nitrogens with zero attached hydrogens (tertiary/aromatic N) is 5. The Balaban J connectivity index is 1.82. The van der Waals surface area contributed by atoms with Crippen LogP contribution < -0.4 is 5.32 Å². The maximum Gasteiger partial charge on any atom is 0.259 e. The van der Waals surface area contributed by atoms with E-state index in [1.807, 2.05) is 63.1 Å². The topological polar surface area (TPSA) is 68.0 Å². The number of rotatable bonds is 7. The normalized spacial score (nSPS) is 11.4. The van der Waals surface area contributed by atoms with E-state index in [-0.39, 0.29) is 11.8 Å². The van der Waals surface area contributed by atoms with Crippen LogP contribution in [-0.2, 0) is 6.54 Å². The molecule has 1 N–H and O–H groups in total. The summed E-state index contributed by atoms with van der Waals surface area (Å²) in [6.45, 7) is 5.70. The Labute approximate surface area is 169 Å². The molecule has 3 rings (SSSR count). The number of halogens is 1. The quantitative estimate of drug-likeness (QED) is 0.657. The lowest BCUT2D eigenvalue weighted by molar-refractivity contribution is 0.102. The standard InChI is InChI=1S/C20H25ClN6O/c1-14(2)19-18(12-23-27(19)17-7-5-6-15(21)10-17)20(28)24-16-11-22-26(13-16)9-8-25(3)4/h5-7,10-14H,8-9H2,1-4H3,(H,24,28). The van der Waals surface area contributed by atoms with E-state index in [0.717, 1.165) is 24.5 Å². The Morgan fingerprint density at radius 3 is 2.71 bits per heavy atom. The predicted octanol–water partition coefficient (Wildman–Crippen LogP) is 3.66. The van der Waals surface area contributed by atoms with Gasteiger partial charge >= 0.3 is 0 Å². The summed E-state index contributed by atoms with van der Waals surface area (Å²) < 4.78 is 3.58. The second-order valence-electron chi connectivity index (χ2n) is 7.24. The van der Waals surface area contributed by atoms with Gasteiger partial charge in [-0.1, -0.05) is 31.5 Å². The largest absolute Gasteiger partial charge is 0.319 e. The lowest BCUT2D eigenvalue weighted by Crippen LogP contribution is -2.18. The van der Waals surface area contributed by atoms with Crippen LogP contribution in [0.2, 0.25) is 5.02 Å². The van der Waals surface area contributed by atoms with Gasteiger partial charge in [0.1, 0.15) is 0 Å². The summed E-state index contributed by atoms with van der Waals surface area (Å²) in [4.78, 5) is 15.0. The maximum absolute atomic E-state index is 12.9. The van der Waals surface area contributed by atoms with E-state index in [1.165, 1.54) is 0 Å². The van der Waals surface area contributed by atoms with Crippen molar-refractivity contribution in [1.29, 1.82) is 0 Å². The fourth-order valence-electron chi connectivity index (χ4n) is 2.95. The van der Waals surface area contributed by atoms with Gasteiger partial charge in [-0.2, -0.15) is 10.2 Å². The van der Waals surface area contributed by atoms with E-state index in [0.29, 0.717) is 16.3 Å². The van der Waals surface area contributed by atoms with Gasteiger partial charge in [0.25, 0.3) is 5.91 Å². The molecule has 8 heteroatoms. The number of carbonyl (C=O) groups is 1. The smallest absolute Gasteiger partial charge is 0.259 e. The molecule has 0 atom stereocenters. The van der Waals surface area contributed by atoms with Crippen molar-refractivity contribution in [3.8, 4) is 5.69 Å². The highest BCUT2D eigenvalue weighted by Gasteiger charge is 2.21. The molecule has 3 aromatic rings. The van der Waals surface area contributed by atoms with Gasteiger partial charge in [0.2, 0.25) is 0 Å². The molecule has 0 aliphatic rings. The first-order valence-electron chi connectivity index (χ1n) is 9.17. The number of amides is 1. The molecule has 0 bridgehead atoms. The van der Waals surface area contributed by atoms with Crippen LogP contribution in [-0.4, -0.2) is 51.0 Å². The zero-order chi connectivity index (χ0) is 20.3. The van der Waals surface area contributed by atoms with Gasteiger partial charge in [-0.3, -0.25) is 9.48 Å². The zero-order valence-corrected chi connectivity index (χ0v) is 17.3. The number of carbonyl (C=O) groups excluding carboxylic acids is 1. The van der Waals surface area contributed by atoms with Gasteiger partial charge in [-0.05, 0) is 38.2 Å². The SMILES string of the molecule is CC(C)c1c(C(=O)Nc2cnn(CCN(C)C)c2)cnn1-c1cccc(Cl)c1. The second kappa shape index (κ2) is 8.58. The molecular formula is C20H25ClN6O. The van der Waals surface area contributed by atoms with Crippen molar-refractivity contribution < 1.29 is 4.79 Å². The number of anilines is 1. The molecule has 0 radical (unpaired) electrons. The van der Waals surface area contributed by atoms with Crippen molar-refractivity contribution in [2.45, 2.75) is 26.3 Å². The van der Waals surface area contributed by atoms with Crippen LogP contribution >= 0.6 is 11.6 Å². The fraction of sp³-hybridized carbons (Fsp3) is 0.350. The van der Waals surface area contributed by atoms with E-state index in [1.54, 1.807) is 17.1 Å². The molecule has 0 aliphatic heterocycles. The molecular weight excluding hydrogens is 376 g/mol. The first-order valence-corrected chi connectivity index (χ1v) is 9.55. The van der Waals surface area contributed by atoms with Crippen LogP contribution in [0.25, 0.3) is 5.69 Å². The number of aromatic nitrogens is 4. The minimum Gasteiger partial charge on any atom is -0.319 e. The van der Waals surface area contributed by atoms with E-state index in [9.17, 15) is 4.79 Å². The third-order valence-electron chi connectivity index (χ3n) is 4.32. The van der Waals surface area contributed by atoms with Crippen LogP contribution in [0.3, 0.4) is 0 Å². The number of nitrogens with one attached hydrogen (secondary N) is 1. The summed E-state index contributed by atoms with van der Waals surface area (Å²) in [6, 6.07) is 7.43. The Bertz CT molecular complexity index is 959. The molecule has 2 heterocycles. The van der Waals surface area contributed by atoms with Crippen LogP contribution in [0.4, 0.5) is 5.69 Å². The van der Waals surface area contributed by atoms with E-state index in [4.69, 9.17) is 11.6 Å². The minimum atomic E-state index is -0.205. The first kappa shape index (κ1) is 20.1. The molecule has 2 aromatic heterocycles. The van der Waals surface area contributed by atoms with Gasteiger partial charge in [0.15, 0.2) is 0 Å². The molecule has 28 heavy (non-hydrogen) atoms. The van der Waals surface area contributed by atoms with Crippen molar-refractivity contribution in [3.63, 3.8) is 0 Å². The molecule has 0 saturated heterocycles. The highest BCUT2D eigenvalue weighted by molar-refractivity contribution is 6.30. The summed E-state index contributed by atoms with van der Waals surface area (Å²) in [5, 5.41) is 12.3. The number of benzene rings is 1. The average molecular weight is 401 g/mol. The molecule has 7 nitrogen and oxygen atoms in total. The number of hydrogen-bond donors (Lipinski definition) is 1. The third-order valence-corrected chi connectivity index (χ3v) is 4.55. The Morgan fingerprint density at radius 2 is 2.04 bits per heavy atom. The van der Waals surface area contributed by atoms with Gasteiger partial charge in [0.05, 0.1) is 41.6 Å². The van der Waals surface area contributed by atoms with Gasteiger partial charge in [-0.15, -0.1) is 0 Å². The number of likely N-dealkylation sites (N-methyl/N-ethyl adjacent to an activating group) is 1. The fourth-order valence-corrected chi connectivity index (χ4v) is 3.14. The van der Waals surface area contributed by atoms with Gasteiger partial charge in [-0.25, -0.2) is 4.68 Å². The summed E-state index contributed by atoms with van der Waals surface area (Å²) in [7, 11) is 4.02. The van der Waals surface area contributed by atoms with Crippen molar-refractivity contribution in [3.05, 3.63) is 59.1 Å². The summed E-state index contributed by atoms with van der Waals surface area (Å²) in [5.74, 6) is -0.103. The lowest BCUT2D eigenvalue weighted by Gasteiger charge is -2.13.